The molecule has 9 heteroatoms. The quantitative estimate of drug-likeness (QED) is 0.245. The van der Waals surface area contributed by atoms with Crippen LogP contribution in [0.2, 0.25) is 5.02 Å². The van der Waals surface area contributed by atoms with Crippen LogP contribution in [0.5, 0.6) is 11.5 Å². The van der Waals surface area contributed by atoms with Crippen molar-refractivity contribution >= 4 is 69.2 Å². The topological polar surface area (TPSA) is 67.9 Å². The molecule has 4 rings (SSSR count). The van der Waals surface area contributed by atoms with E-state index in [1.807, 2.05) is 39.0 Å². The maximum atomic E-state index is 13.2. The predicted octanol–water partition coefficient (Wildman–Crippen LogP) is 6.78. The Balaban J connectivity index is 1.49. The standard InChI is InChI=1S/C28H25ClN2O4S2/c1-4-34-24-14-19(10-12-23(24)35-16-26(32)30-22-8-6-5-7-21(22)29)15-25-27(33)31(28(36)37-25)20-11-9-17(2)18(3)13-20/h5-15H,4,16H2,1-3H3,(H,30,32)/b25-15-. The predicted molar refractivity (Wildman–Crippen MR) is 155 cm³/mol. The van der Waals surface area contributed by atoms with Crippen LogP contribution >= 0.6 is 35.6 Å². The molecule has 37 heavy (non-hydrogen) atoms. The Hall–Kier alpha value is -3.33. The molecule has 0 spiro atoms. The third kappa shape index (κ3) is 6.33. The first-order chi connectivity index (χ1) is 17.8. The van der Waals surface area contributed by atoms with Gasteiger partial charge in [-0.05, 0) is 79.9 Å². The number of amides is 2. The number of thiocarbonyl (C=S) groups is 1. The van der Waals surface area contributed by atoms with Crippen molar-refractivity contribution in [1.82, 2.24) is 0 Å². The van der Waals surface area contributed by atoms with E-state index in [4.69, 9.17) is 33.3 Å². The van der Waals surface area contributed by atoms with Gasteiger partial charge in [0.2, 0.25) is 0 Å². The molecule has 0 unspecified atom stereocenters. The molecule has 1 fully saturated rings. The highest BCUT2D eigenvalue weighted by Crippen LogP contribution is 2.37. The molecular weight excluding hydrogens is 528 g/mol. The van der Waals surface area contributed by atoms with E-state index in [9.17, 15) is 9.59 Å². The summed E-state index contributed by atoms with van der Waals surface area (Å²) < 4.78 is 11.9. The molecule has 1 saturated heterocycles. The molecule has 0 atom stereocenters. The van der Waals surface area contributed by atoms with Gasteiger partial charge >= 0.3 is 0 Å². The molecule has 2 amide bonds. The number of hydrogen-bond acceptors (Lipinski definition) is 6. The molecular formula is C28H25ClN2O4S2. The fourth-order valence-corrected chi connectivity index (χ4v) is 5.08. The lowest BCUT2D eigenvalue weighted by Gasteiger charge is -2.16. The lowest BCUT2D eigenvalue weighted by atomic mass is 10.1. The first-order valence-corrected chi connectivity index (χ1v) is 13.2. The number of hydrogen-bond donors (Lipinski definition) is 1. The van der Waals surface area contributed by atoms with E-state index in [-0.39, 0.29) is 18.4 Å². The first kappa shape index (κ1) is 26.7. The summed E-state index contributed by atoms with van der Waals surface area (Å²) in [7, 11) is 0. The Morgan fingerprint density at radius 2 is 1.84 bits per heavy atom. The average Bonchev–Trinajstić information content (AvgIpc) is 3.14. The summed E-state index contributed by atoms with van der Waals surface area (Å²) in [5, 5.41) is 3.16. The van der Waals surface area contributed by atoms with Crippen LogP contribution in [0, 0.1) is 13.8 Å². The van der Waals surface area contributed by atoms with E-state index < -0.39 is 0 Å². The minimum Gasteiger partial charge on any atom is -0.490 e. The number of nitrogens with one attached hydrogen (secondary N) is 1. The van der Waals surface area contributed by atoms with Crippen LogP contribution in [0.25, 0.3) is 6.08 Å². The van der Waals surface area contributed by atoms with Gasteiger partial charge in [-0.15, -0.1) is 0 Å². The van der Waals surface area contributed by atoms with Gasteiger partial charge in [-0.25, -0.2) is 0 Å². The SMILES string of the molecule is CCOc1cc(/C=C2\SC(=S)N(c3ccc(C)c(C)c3)C2=O)ccc1OCC(=O)Nc1ccccc1Cl. The van der Waals surface area contributed by atoms with Gasteiger partial charge in [0.1, 0.15) is 0 Å². The highest BCUT2D eigenvalue weighted by molar-refractivity contribution is 8.27. The summed E-state index contributed by atoms with van der Waals surface area (Å²) in [6, 6.07) is 18.1. The zero-order valence-electron chi connectivity index (χ0n) is 20.5. The van der Waals surface area contributed by atoms with Gasteiger partial charge in [0.05, 0.1) is 27.9 Å². The normalized spacial score (nSPS) is 14.3. The first-order valence-electron chi connectivity index (χ1n) is 11.6. The molecule has 0 bridgehead atoms. The van der Waals surface area contributed by atoms with Gasteiger partial charge < -0.3 is 14.8 Å². The number of halogens is 1. The number of ether oxygens (including phenoxy) is 2. The maximum Gasteiger partial charge on any atom is 0.270 e. The number of benzene rings is 3. The van der Waals surface area contributed by atoms with E-state index in [1.54, 1.807) is 53.4 Å². The Kier molecular flexibility index (Phi) is 8.53. The molecule has 6 nitrogen and oxygen atoms in total. The molecule has 1 heterocycles. The second-order valence-electron chi connectivity index (χ2n) is 8.24. The number of carbonyl (C=O) groups excluding carboxylic acids is 2. The van der Waals surface area contributed by atoms with Crippen molar-refractivity contribution in [2.75, 3.05) is 23.4 Å². The number of thioether (sulfide) groups is 1. The molecule has 0 aliphatic carbocycles. The summed E-state index contributed by atoms with van der Waals surface area (Å²) in [6.07, 6.45) is 1.77. The molecule has 0 radical (unpaired) electrons. The molecule has 3 aromatic rings. The molecule has 3 aromatic carbocycles. The summed E-state index contributed by atoms with van der Waals surface area (Å²) in [5.41, 5.74) is 4.25. The second kappa shape index (κ2) is 11.8. The van der Waals surface area contributed by atoms with E-state index in [1.165, 1.54) is 11.8 Å². The fraction of sp³-hybridized carbons (Fsp3) is 0.179. The zero-order valence-corrected chi connectivity index (χ0v) is 22.9. The summed E-state index contributed by atoms with van der Waals surface area (Å²) in [4.78, 5) is 27.6. The van der Waals surface area contributed by atoms with Crippen molar-refractivity contribution < 1.29 is 19.1 Å². The van der Waals surface area contributed by atoms with E-state index >= 15 is 0 Å². The Morgan fingerprint density at radius 3 is 2.57 bits per heavy atom. The van der Waals surface area contributed by atoms with Crippen molar-refractivity contribution in [1.29, 1.82) is 0 Å². The Labute approximate surface area is 230 Å². The van der Waals surface area contributed by atoms with Crippen molar-refractivity contribution in [3.8, 4) is 11.5 Å². The van der Waals surface area contributed by atoms with Crippen LogP contribution in [0.4, 0.5) is 11.4 Å². The van der Waals surface area contributed by atoms with E-state index in [2.05, 4.69) is 5.32 Å². The number of anilines is 2. The van der Waals surface area contributed by atoms with Crippen molar-refractivity contribution in [2.24, 2.45) is 0 Å². The van der Waals surface area contributed by atoms with Gasteiger partial charge in [0.25, 0.3) is 11.8 Å². The van der Waals surface area contributed by atoms with E-state index in [0.29, 0.717) is 38.0 Å². The number of carbonyl (C=O) groups is 2. The summed E-state index contributed by atoms with van der Waals surface area (Å²) in [6.45, 7) is 6.07. The smallest absolute Gasteiger partial charge is 0.270 e. The highest BCUT2D eigenvalue weighted by atomic mass is 35.5. The molecule has 190 valence electrons. The lowest BCUT2D eigenvalue weighted by molar-refractivity contribution is -0.118. The third-order valence-electron chi connectivity index (χ3n) is 5.61. The molecule has 1 aliphatic heterocycles. The van der Waals surface area contributed by atoms with Crippen LogP contribution < -0.4 is 19.7 Å². The van der Waals surface area contributed by atoms with Crippen LogP contribution in [0.3, 0.4) is 0 Å². The number of aryl methyl sites for hydroxylation is 2. The highest BCUT2D eigenvalue weighted by Gasteiger charge is 2.33. The molecule has 0 aromatic heterocycles. The molecule has 1 aliphatic rings. The molecule has 1 N–H and O–H groups in total. The van der Waals surface area contributed by atoms with Crippen LogP contribution in [0.15, 0.2) is 65.6 Å². The lowest BCUT2D eigenvalue weighted by Crippen LogP contribution is -2.27. The third-order valence-corrected chi connectivity index (χ3v) is 7.25. The van der Waals surface area contributed by atoms with Crippen LogP contribution in [0.1, 0.15) is 23.6 Å². The Bertz CT molecular complexity index is 1410. The van der Waals surface area contributed by atoms with Gasteiger partial charge in [-0.3, -0.25) is 14.5 Å². The fourth-order valence-electron chi connectivity index (χ4n) is 3.60. The minimum atomic E-state index is -0.352. The Morgan fingerprint density at radius 1 is 1.05 bits per heavy atom. The largest absolute Gasteiger partial charge is 0.490 e. The number of rotatable bonds is 8. The monoisotopic (exact) mass is 552 g/mol. The summed E-state index contributed by atoms with van der Waals surface area (Å²) >= 11 is 12.9. The molecule has 0 saturated carbocycles. The van der Waals surface area contributed by atoms with E-state index in [0.717, 1.165) is 22.4 Å². The van der Waals surface area contributed by atoms with Crippen molar-refractivity contribution in [3.05, 3.63) is 87.3 Å². The average molecular weight is 553 g/mol. The summed E-state index contributed by atoms with van der Waals surface area (Å²) in [5.74, 6) is 0.352. The van der Waals surface area contributed by atoms with Crippen LogP contribution in [-0.4, -0.2) is 29.3 Å². The number of para-hydroxylation sites is 1. The minimum absolute atomic E-state index is 0.173. The number of nitrogens with zero attached hydrogens (tertiary/aromatic N) is 1. The van der Waals surface area contributed by atoms with Gasteiger partial charge in [0.15, 0.2) is 22.4 Å². The zero-order chi connectivity index (χ0) is 26.5. The van der Waals surface area contributed by atoms with Gasteiger partial charge in [0, 0.05) is 0 Å². The maximum absolute atomic E-state index is 13.2. The van der Waals surface area contributed by atoms with Crippen molar-refractivity contribution in [3.63, 3.8) is 0 Å². The van der Waals surface area contributed by atoms with Gasteiger partial charge in [-0.1, -0.05) is 59.8 Å². The second-order valence-corrected chi connectivity index (χ2v) is 10.3. The van der Waals surface area contributed by atoms with Crippen LogP contribution in [-0.2, 0) is 9.59 Å². The van der Waals surface area contributed by atoms with Gasteiger partial charge in [-0.2, -0.15) is 0 Å². The van der Waals surface area contributed by atoms with Crippen molar-refractivity contribution in [2.45, 2.75) is 20.8 Å².